The van der Waals surface area contributed by atoms with Crippen LogP contribution in [0, 0.1) is 5.92 Å². The summed E-state index contributed by atoms with van der Waals surface area (Å²) >= 11 is 0. The van der Waals surface area contributed by atoms with Crippen molar-refractivity contribution in [2.75, 3.05) is 34.4 Å². The molecule has 3 N–H and O–H groups in total. The van der Waals surface area contributed by atoms with Gasteiger partial charge >= 0.3 is 0 Å². The Hall–Kier alpha value is -1.95. The van der Waals surface area contributed by atoms with E-state index in [9.17, 15) is 4.79 Å². The lowest BCUT2D eigenvalue weighted by Gasteiger charge is -2.17. The van der Waals surface area contributed by atoms with Crippen LogP contribution in [0.25, 0.3) is 0 Å². The van der Waals surface area contributed by atoms with E-state index in [1.54, 1.807) is 21.3 Å². The fourth-order valence-corrected chi connectivity index (χ4v) is 2.14. The Bertz CT molecular complexity index is 452. The van der Waals surface area contributed by atoms with Crippen molar-refractivity contribution in [3.63, 3.8) is 0 Å². The van der Waals surface area contributed by atoms with E-state index in [0.29, 0.717) is 30.2 Å². The predicted octanol–water partition coefficient (Wildman–Crippen LogP) is 0.966. The molecular formula is C15H24N2O4. The summed E-state index contributed by atoms with van der Waals surface area (Å²) in [7, 11) is 4.67. The zero-order chi connectivity index (χ0) is 15.8. The highest BCUT2D eigenvalue weighted by atomic mass is 16.5. The largest absolute Gasteiger partial charge is 0.493 e. The first-order chi connectivity index (χ1) is 10.1. The summed E-state index contributed by atoms with van der Waals surface area (Å²) in [5, 5.41) is 2.79. The number of benzene rings is 1. The summed E-state index contributed by atoms with van der Waals surface area (Å²) in [4.78, 5) is 11.9. The fourth-order valence-electron chi connectivity index (χ4n) is 2.14. The van der Waals surface area contributed by atoms with Crippen LogP contribution < -0.4 is 25.3 Å². The second kappa shape index (κ2) is 8.36. The second-order valence-corrected chi connectivity index (χ2v) is 4.56. The molecule has 1 aromatic rings. The molecule has 0 bridgehead atoms. The highest BCUT2D eigenvalue weighted by molar-refractivity contribution is 5.79. The van der Waals surface area contributed by atoms with Gasteiger partial charge in [-0.05, 0) is 31.0 Å². The highest BCUT2D eigenvalue weighted by Gasteiger charge is 2.19. The summed E-state index contributed by atoms with van der Waals surface area (Å²) in [6.07, 6.45) is 0.513. The maximum Gasteiger partial charge on any atom is 0.224 e. The van der Waals surface area contributed by atoms with E-state index < -0.39 is 0 Å². The molecular weight excluding hydrogens is 272 g/mol. The molecule has 0 aliphatic heterocycles. The first-order valence-electron chi connectivity index (χ1n) is 6.87. The maximum atomic E-state index is 11.9. The molecule has 21 heavy (non-hydrogen) atoms. The van der Waals surface area contributed by atoms with Gasteiger partial charge in [0.1, 0.15) is 0 Å². The van der Waals surface area contributed by atoms with E-state index >= 15 is 0 Å². The zero-order valence-corrected chi connectivity index (χ0v) is 13.1. The monoisotopic (exact) mass is 296 g/mol. The molecule has 0 radical (unpaired) electrons. The number of carbonyl (C=O) groups is 1. The van der Waals surface area contributed by atoms with E-state index in [1.807, 2.05) is 19.1 Å². The van der Waals surface area contributed by atoms with Crippen molar-refractivity contribution in [3.8, 4) is 17.2 Å². The van der Waals surface area contributed by atoms with Crippen molar-refractivity contribution in [3.05, 3.63) is 17.7 Å². The molecule has 0 spiro atoms. The lowest BCUT2D eigenvalue weighted by Crippen LogP contribution is -2.36. The average molecular weight is 296 g/mol. The van der Waals surface area contributed by atoms with Gasteiger partial charge in [-0.1, -0.05) is 0 Å². The van der Waals surface area contributed by atoms with Crippen LogP contribution in [-0.4, -0.2) is 40.3 Å². The van der Waals surface area contributed by atoms with Gasteiger partial charge in [0.15, 0.2) is 11.5 Å². The van der Waals surface area contributed by atoms with Crippen LogP contribution in [0.3, 0.4) is 0 Å². The average Bonchev–Trinajstić information content (AvgIpc) is 2.51. The molecule has 1 atom stereocenters. The van der Waals surface area contributed by atoms with Crippen LogP contribution in [0.1, 0.15) is 12.5 Å². The van der Waals surface area contributed by atoms with E-state index in [1.165, 1.54) is 0 Å². The molecule has 1 unspecified atom stereocenters. The maximum absolute atomic E-state index is 11.9. The first-order valence-corrected chi connectivity index (χ1v) is 6.87. The van der Waals surface area contributed by atoms with Crippen LogP contribution in [0.15, 0.2) is 12.1 Å². The normalized spacial score (nSPS) is 11.7. The summed E-state index contributed by atoms with van der Waals surface area (Å²) in [5.74, 6) is 1.34. The molecule has 0 saturated carbocycles. The molecule has 1 aromatic carbocycles. The third kappa shape index (κ3) is 4.26. The van der Waals surface area contributed by atoms with Gasteiger partial charge in [-0.15, -0.1) is 0 Å². The summed E-state index contributed by atoms with van der Waals surface area (Å²) in [5.41, 5.74) is 6.61. The van der Waals surface area contributed by atoms with Gasteiger partial charge in [-0.25, -0.2) is 0 Å². The molecule has 0 aliphatic carbocycles. The number of rotatable bonds is 8. The van der Waals surface area contributed by atoms with Crippen molar-refractivity contribution in [1.29, 1.82) is 0 Å². The Kier molecular flexibility index (Phi) is 6.81. The van der Waals surface area contributed by atoms with Crippen LogP contribution in [0.5, 0.6) is 17.2 Å². The summed E-state index contributed by atoms with van der Waals surface area (Å²) in [6, 6.07) is 3.67. The molecule has 1 amide bonds. The highest BCUT2D eigenvalue weighted by Crippen LogP contribution is 2.38. The number of hydrogen-bond donors (Lipinski definition) is 2. The number of carbonyl (C=O) groups excluding carboxylic acids is 1. The molecule has 0 aliphatic rings. The third-order valence-electron chi connectivity index (χ3n) is 3.21. The van der Waals surface area contributed by atoms with Crippen molar-refractivity contribution < 1.29 is 19.0 Å². The lowest BCUT2D eigenvalue weighted by molar-refractivity contribution is -0.124. The van der Waals surface area contributed by atoms with E-state index in [4.69, 9.17) is 19.9 Å². The van der Waals surface area contributed by atoms with Gasteiger partial charge in [0.25, 0.3) is 0 Å². The van der Waals surface area contributed by atoms with Gasteiger partial charge in [0.05, 0.1) is 27.2 Å². The fraction of sp³-hybridized carbons (Fsp3) is 0.533. The Balaban J connectivity index is 3.04. The van der Waals surface area contributed by atoms with Gasteiger partial charge in [-0.2, -0.15) is 0 Å². The molecule has 0 fully saturated rings. The number of hydrogen-bond acceptors (Lipinski definition) is 5. The number of methoxy groups -OCH3 is 3. The van der Waals surface area contributed by atoms with E-state index in [-0.39, 0.29) is 18.4 Å². The zero-order valence-electron chi connectivity index (χ0n) is 13.1. The minimum Gasteiger partial charge on any atom is -0.493 e. The Morgan fingerprint density at radius 2 is 1.76 bits per heavy atom. The number of ether oxygens (including phenoxy) is 3. The summed E-state index contributed by atoms with van der Waals surface area (Å²) in [6.45, 7) is 2.75. The lowest BCUT2D eigenvalue weighted by atomic mass is 9.98. The topological polar surface area (TPSA) is 82.8 Å². The Labute approximate surface area is 125 Å². The molecule has 118 valence electrons. The van der Waals surface area contributed by atoms with Crippen molar-refractivity contribution in [1.82, 2.24) is 5.32 Å². The second-order valence-electron chi connectivity index (χ2n) is 4.56. The van der Waals surface area contributed by atoms with Gasteiger partial charge < -0.3 is 25.3 Å². The summed E-state index contributed by atoms with van der Waals surface area (Å²) < 4.78 is 15.9. The van der Waals surface area contributed by atoms with Crippen molar-refractivity contribution in [2.45, 2.75) is 13.3 Å². The first kappa shape index (κ1) is 17.1. The van der Waals surface area contributed by atoms with Gasteiger partial charge in [-0.3, -0.25) is 4.79 Å². The minimum atomic E-state index is -0.284. The Morgan fingerprint density at radius 1 is 1.19 bits per heavy atom. The predicted molar refractivity (Wildman–Crippen MR) is 81.0 cm³/mol. The quantitative estimate of drug-likeness (QED) is 0.747. The van der Waals surface area contributed by atoms with Gasteiger partial charge in [0.2, 0.25) is 11.7 Å². The number of nitrogens with one attached hydrogen (secondary N) is 1. The van der Waals surface area contributed by atoms with Crippen LogP contribution in [0.4, 0.5) is 0 Å². The molecule has 1 rings (SSSR count). The number of nitrogens with two attached hydrogens (primary N) is 1. The number of amides is 1. The molecule has 0 saturated heterocycles. The van der Waals surface area contributed by atoms with Crippen LogP contribution >= 0.6 is 0 Å². The van der Waals surface area contributed by atoms with E-state index in [2.05, 4.69) is 5.32 Å². The third-order valence-corrected chi connectivity index (χ3v) is 3.21. The minimum absolute atomic E-state index is 0.0475. The standard InChI is InChI=1S/C15H24N2O4/c1-5-17-15(18)11(9-16)6-10-7-12(19-2)14(21-4)13(8-10)20-3/h7-8,11H,5-6,9,16H2,1-4H3,(H,17,18). The van der Waals surface area contributed by atoms with Crippen molar-refractivity contribution in [2.24, 2.45) is 11.7 Å². The molecule has 0 heterocycles. The van der Waals surface area contributed by atoms with Crippen molar-refractivity contribution >= 4 is 5.91 Å². The Morgan fingerprint density at radius 3 is 2.14 bits per heavy atom. The SMILES string of the molecule is CCNC(=O)C(CN)Cc1cc(OC)c(OC)c(OC)c1. The van der Waals surface area contributed by atoms with Crippen LogP contribution in [-0.2, 0) is 11.2 Å². The molecule has 6 heteroatoms. The molecule has 0 aromatic heterocycles. The van der Waals surface area contributed by atoms with E-state index in [0.717, 1.165) is 5.56 Å². The van der Waals surface area contributed by atoms with Crippen LogP contribution in [0.2, 0.25) is 0 Å². The van der Waals surface area contributed by atoms with Gasteiger partial charge in [0, 0.05) is 13.1 Å². The smallest absolute Gasteiger partial charge is 0.224 e. The molecule has 6 nitrogen and oxygen atoms in total.